The van der Waals surface area contributed by atoms with Crippen molar-refractivity contribution in [2.24, 2.45) is 0 Å². The molecule has 0 saturated heterocycles. The molecule has 0 spiro atoms. The average Bonchev–Trinajstić information content (AvgIpc) is 3.21. The summed E-state index contributed by atoms with van der Waals surface area (Å²) in [7, 11) is 0. The van der Waals surface area contributed by atoms with Crippen LogP contribution in [-0.4, -0.2) is 40.5 Å². The maximum absolute atomic E-state index is 12.8. The standard InChI is InChI=1S/C24H26N2O5/c1-6-30-23(28)21-15(3)22(25-16(21)4)24(29)31-13-20(27)19-12-14(2)26(17(19)5)18-10-8-7-9-11-18/h7-12,25H,6,13H2,1-5H3. The Balaban J connectivity index is 1.76. The van der Waals surface area contributed by atoms with E-state index in [1.54, 1.807) is 26.8 Å². The van der Waals surface area contributed by atoms with Crippen LogP contribution in [-0.2, 0) is 9.47 Å². The number of aromatic amines is 1. The topological polar surface area (TPSA) is 90.4 Å². The normalized spacial score (nSPS) is 10.7. The van der Waals surface area contributed by atoms with Crippen molar-refractivity contribution in [2.45, 2.75) is 34.6 Å². The van der Waals surface area contributed by atoms with Crippen LogP contribution in [0.5, 0.6) is 0 Å². The monoisotopic (exact) mass is 422 g/mol. The molecule has 3 rings (SSSR count). The van der Waals surface area contributed by atoms with Crippen molar-refractivity contribution in [1.82, 2.24) is 9.55 Å². The maximum atomic E-state index is 12.8. The van der Waals surface area contributed by atoms with Crippen molar-refractivity contribution in [2.75, 3.05) is 13.2 Å². The van der Waals surface area contributed by atoms with Crippen molar-refractivity contribution in [3.05, 3.63) is 75.9 Å². The number of H-pyrrole nitrogens is 1. The van der Waals surface area contributed by atoms with E-state index in [1.807, 2.05) is 48.7 Å². The van der Waals surface area contributed by atoms with Gasteiger partial charge in [0.25, 0.3) is 0 Å². The number of carbonyl (C=O) groups excluding carboxylic acids is 3. The number of rotatable bonds is 7. The van der Waals surface area contributed by atoms with Gasteiger partial charge in [0, 0.05) is 28.3 Å². The highest BCUT2D eigenvalue weighted by molar-refractivity contribution is 6.02. The summed E-state index contributed by atoms with van der Waals surface area (Å²) in [5.74, 6) is -1.49. The van der Waals surface area contributed by atoms with Gasteiger partial charge in [0.15, 0.2) is 6.61 Å². The van der Waals surface area contributed by atoms with Gasteiger partial charge in [0.2, 0.25) is 5.78 Å². The highest BCUT2D eigenvalue weighted by Crippen LogP contribution is 2.22. The summed E-state index contributed by atoms with van der Waals surface area (Å²) in [6.45, 7) is 8.65. The quantitative estimate of drug-likeness (QED) is 0.454. The Bertz CT molecular complexity index is 1140. The lowest BCUT2D eigenvalue weighted by Crippen LogP contribution is -2.16. The van der Waals surface area contributed by atoms with Crippen LogP contribution in [0, 0.1) is 27.7 Å². The molecular weight excluding hydrogens is 396 g/mol. The summed E-state index contributed by atoms with van der Waals surface area (Å²) in [4.78, 5) is 40.3. The van der Waals surface area contributed by atoms with Crippen LogP contribution < -0.4 is 0 Å². The SMILES string of the molecule is CCOC(=O)c1c(C)[nH]c(C(=O)OCC(=O)c2cc(C)n(-c3ccccc3)c2C)c1C. The minimum absolute atomic E-state index is 0.142. The third kappa shape index (κ3) is 4.30. The van der Waals surface area contributed by atoms with E-state index in [-0.39, 0.29) is 18.1 Å². The minimum Gasteiger partial charge on any atom is -0.462 e. The van der Waals surface area contributed by atoms with E-state index in [0.717, 1.165) is 17.1 Å². The molecule has 0 amide bonds. The Labute approximate surface area is 181 Å². The highest BCUT2D eigenvalue weighted by atomic mass is 16.5. The van der Waals surface area contributed by atoms with E-state index in [9.17, 15) is 14.4 Å². The van der Waals surface area contributed by atoms with E-state index in [0.29, 0.717) is 22.4 Å². The molecule has 0 aliphatic carbocycles. The summed E-state index contributed by atoms with van der Waals surface area (Å²) in [5, 5.41) is 0. The van der Waals surface area contributed by atoms with Gasteiger partial charge in [-0.2, -0.15) is 0 Å². The number of nitrogens with one attached hydrogen (secondary N) is 1. The Hall–Kier alpha value is -3.61. The first kappa shape index (κ1) is 22.1. The van der Waals surface area contributed by atoms with E-state index >= 15 is 0 Å². The number of esters is 2. The van der Waals surface area contributed by atoms with Crippen molar-refractivity contribution in [3.63, 3.8) is 0 Å². The highest BCUT2D eigenvalue weighted by Gasteiger charge is 2.25. The first-order chi connectivity index (χ1) is 14.8. The lowest BCUT2D eigenvalue weighted by atomic mass is 10.1. The molecule has 162 valence electrons. The number of nitrogens with zero attached hydrogens (tertiary/aromatic N) is 1. The largest absolute Gasteiger partial charge is 0.462 e. The number of aromatic nitrogens is 2. The number of hydrogen-bond donors (Lipinski definition) is 1. The number of carbonyl (C=O) groups is 3. The van der Waals surface area contributed by atoms with Crippen LogP contribution in [0.2, 0.25) is 0 Å². The van der Waals surface area contributed by atoms with E-state index in [1.165, 1.54) is 0 Å². The Kier molecular flexibility index (Phi) is 6.44. The van der Waals surface area contributed by atoms with Gasteiger partial charge in [0.05, 0.1) is 12.2 Å². The molecule has 3 aromatic rings. The average molecular weight is 422 g/mol. The number of aryl methyl sites for hydroxylation is 2. The molecule has 0 bridgehead atoms. The fourth-order valence-electron chi connectivity index (χ4n) is 3.76. The van der Waals surface area contributed by atoms with E-state index in [2.05, 4.69) is 4.98 Å². The predicted octanol–water partition coefficient (Wildman–Crippen LogP) is 4.26. The molecule has 7 heteroatoms. The number of ether oxygens (including phenoxy) is 2. The first-order valence-electron chi connectivity index (χ1n) is 10.1. The lowest BCUT2D eigenvalue weighted by molar-refractivity contribution is 0.0468. The zero-order valence-corrected chi connectivity index (χ0v) is 18.4. The zero-order valence-electron chi connectivity index (χ0n) is 18.4. The number of benzene rings is 1. The molecule has 0 atom stereocenters. The Morgan fingerprint density at radius 2 is 1.65 bits per heavy atom. The van der Waals surface area contributed by atoms with Crippen molar-refractivity contribution in [1.29, 1.82) is 0 Å². The molecule has 2 aromatic heterocycles. The van der Waals surface area contributed by atoms with Gasteiger partial charge >= 0.3 is 11.9 Å². The Morgan fingerprint density at radius 1 is 0.968 bits per heavy atom. The third-order valence-corrected chi connectivity index (χ3v) is 5.20. The Morgan fingerprint density at radius 3 is 2.29 bits per heavy atom. The molecule has 2 heterocycles. The second-order valence-electron chi connectivity index (χ2n) is 7.30. The van der Waals surface area contributed by atoms with Crippen LogP contribution in [0.3, 0.4) is 0 Å². The van der Waals surface area contributed by atoms with Crippen molar-refractivity contribution < 1.29 is 23.9 Å². The van der Waals surface area contributed by atoms with Gasteiger partial charge in [-0.1, -0.05) is 18.2 Å². The molecule has 31 heavy (non-hydrogen) atoms. The number of para-hydroxylation sites is 1. The number of Topliss-reactive ketones (excluding diaryl/α,β-unsaturated/α-hetero) is 1. The molecule has 0 saturated carbocycles. The summed E-state index contributed by atoms with van der Waals surface area (Å²) >= 11 is 0. The van der Waals surface area contributed by atoms with Crippen LogP contribution in [0.25, 0.3) is 5.69 Å². The van der Waals surface area contributed by atoms with Gasteiger partial charge < -0.3 is 19.0 Å². The molecule has 0 aliphatic heterocycles. The van der Waals surface area contributed by atoms with Crippen LogP contribution in [0.15, 0.2) is 36.4 Å². The van der Waals surface area contributed by atoms with Gasteiger partial charge in [0.1, 0.15) is 5.69 Å². The second-order valence-corrected chi connectivity index (χ2v) is 7.30. The molecule has 0 radical (unpaired) electrons. The molecule has 0 fully saturated rings. The van der Waals surface area contributed by atoms with Gasteiger partial charge in [-0.05, 0) is 58.4 Å². The molecule has 1 N–H and O–H groups in total. The van der Waals surface area contributed by atoms with Crippen LogP contribution in [0.4, 0.5) is 0 Å². The smallest absolute Gasteiger partial charge is 0.355 e. The van der Waals surface area contributed by atoms with Crippen LogP contribution >= 0.6 is 0 Å². The second kappa shape index (κ2) is 9.04. The number of ketones is 1. The minimum atomic E-state index is -0.693. The van der Waals surface area contributed by atoms with E-state index < -0.39 is 18.5 Å². The van der Waals surface area contributed by atoms with E-state index in [4.69, 9.17) is 9.47 Å². The van der Waals surface area contributed by atoms with Gasteiger partial charge in [-0.25, -0.2) is 9.59 Å². The molecule has 7 nitrogen and oxygen atoms in total. The zero-order chi connectivity index (χ0) is 22.7. The van der Waals surface area contributed by atoms with Gasteiger partial charge in [-0.15, -0.1) is 0 Å². The van der Waals surface area contributed by atoms with Crippen LogP contribution in [0.1, 0.15) is 60.8 Å². The summed E-state index contributed by atoms with van der Waals surface area (Å²) in [5.41, 5.74) is 4.55. The van der Waals surface area contributed by atoms with Crippen molar-refractivity contribution in [3.8, 4) is 5.69 Å². The predicted molar refractivity (Wildman–Crippen MR) is 116 cm³/mol. The summed E-state index contributed by atoms with van der Waals surface area (Å²) < 4.78 is 12.3. The van der Waals surface area contributed by atoms with Gasteiger partial charge in [-0.3, -0.25) is 4.79 Å². The molecular formula is C24H26N2O5. The molecule has 1 aromatic carbocycles. The molecule has 0 aliphatic rings. The first-order valence-corrected chi connectivity index (χ1v) is 10.1. The fourth-order valence-corrected chi connectivity index (χ4v) is 3.76. The molecule has 0 unspecified atom stereocenters. The third-order valence-electron chi connectivity index (χ3n) is 5.20. The lowest BCUT2D eigenvalue weighted by Gasteiger charge is -2.09. The van der Waals surface area contributed by atoms with Crippen molar-refractivity contribution >= 4 is 17.7 Å². The summed E-state index contributed by atoms with van der Waals surface area (Å²) in [6.07, 6.45) is 0. The fraction of sp³-hybridized carbons (Fsp3) is 0.292. The maximum Gasteiger partial charge on any atom is 0.355 e. The number of hydrogen-bond acceptors (Lipinski definition) is 5. The summed E-state index contributed by atoms with van der Waals surface area (Å²) in [6, 6.07) is 11.5.